The van der Waals surface area contributed by atoms with Crippen molar-refractivity contribution in [2.24, 2.45) is 4.99 Å². The molecule has 0 aliphatic carbocycles. The number of halogens is 4. The molecule has 1 heterocycles. The Kier molecular flexibility index (Phi) is 7.97. The summed E-state index contributed by atoms with van der Waals surface area (Å²) < 4.78 is 61.1. The van der Waals surface area contributed by atoms with Gasteiger partial charge in [-0.2, -0.15) is 13.2 Å². The Morgan fingerprint density at radius 1 is 1.36 bits per heavy atom. The van der Waals surface area contributed by atoms with E-state index in [0.717, 1.165) is 12.1 Å². The van der Waals surface area contributed by atoms with Crippen LogP contribution in [0.15, 0.2) is 29.3 Å². The molecule has 2 rings (SSSR count). The fraction of sp³-hybridized carbons (Fsp3) is 0.533. The predicted octanol–water partition coefficient (Wildman–Crippen LogP) is 2.57. The zero-order chi connectivity index (χ0) is 17.8. The van der Waals surface area contributed by atoms with Crippen molar-refractivity contribution >= 4 is 39.8 Å². The van der Waals surface area contributed by atoms with E-state index in [-0.39, 0.29) is 48.1 Å². The van der Waals surface area contributed by atoms with Crippen molar-refractivity contribution < 1.29 is 21.6 Å². The van der Waals surface area contributed by atoms with Gasteiger partial charge in [0, 0.05) is 12.6 Å². The van der Waals surface area contributed by atoms with Gasteiger partial charge in [-0.05, 0) is 31.0 Å². The van der Waals surface area contributed by atoms with Crippen molar-refractivity contribution in [3.8, 4) is 0 Å². The van der Waals surface area contributed by atoms with Crippen LogP contribution in [0.1, 0.15) is 24.5 Å². The zero-order valence-electron chi connectivity index (χ0n) is 13.6. The van der Waals surface area contributed by atoms with E-state index in [2.05, 4.69) is 15.6 Å². The van der Waals surface area contributed by atoms with Gasteiger partial charge in [-0.3, -0.25) is 0 Å². The van der Waals surface area contributed by atoms with E-state index in [1.807, 2.05) is 6.92 Å². The number of nitrogens with one attached hydrogen (secondary N) is 2. The highest BCUT2D eigenvalue weighted by Crippen LogP contribution is 2.29. The normalized spacial score (nSPS) is 20.0. The first kappa shape index (κ1) is 22.0. The molecule has 2 N–H and O–H groups in total. The molecule has 1 unspecified atom stereocenters. The van der Waals surface area contributed by atoms with Gasteiger partial charge >= 0.3 is 6.18 Å². The van der Waals surface area contributed by atoms with Gasteiger partial charge in [0.1, 0.15) is 0 Å². The largest absolute Gasteiger partial charge is 0.416 e. The molecule has 1 aliphatic rings. The first-order valence-corrected chi connectivity index (χ1v) is 9.43. The van der Waals surface area contributed by atoms with Crippen LogP contribution in [-0.2, 0) is 22.6 Å². The number of hydrogen-bond donors (Lipinski definition) is 2. The molecule has 0 saturated carbocycles. The molecule has 1 atom stereocenters. The molecule has 0 radical (unpaired) electrons. The number of hydrogen-bond acceptors (Lipinski definition) is 3. The van der Waals surface area contributed by atoms with Crippen LogP contribution in [0.5, 0.6) is 0 Å². The maximum atomic E-state index is 12.7. The van der Waals surface area contributed by atoms with Crippen LogP contribution < -0.4 is 10.6 Å². The van der Waals surface area contributed by atoms with Crippen molar-refractivity contribution in [3.05, 3.63) is 35.4 Å². The lowest BCUT2D eigenvalue weighted by atomic mass is 10.1. The molecular formula is C15H21F3IN3O2S. The van der Waals surface area contributed by atoms with Crippen molar-refractivity contribution in [1.82, 2.24) is 10.6 Å². The summed E-state index contributed by atoms with van der Waals surface area (Å²) in [5.41, 5.74) is -0.281. The quantitative estimate of drug-likeness (QED) is 0.386. The first-order valence-electron chi connectivity index (χ1n) is 7.61. The van der Waals surface area contributed by atoms with Crippen LogP contribution in [0.3, 0.4) is 0 Å². The van der Waals surface area contributed by atoms with Gasteiger partial charge in [0.05, 0.1) is 23.6 Å². The van der Waals surface area contributed by atoms with E-state index in [4.69, 9.17) is 0 Å². The summed E-state index contributed by atoms with van der Waals surface area (Å²) in [6.45, 7) is 2.49. The highest BCUT2D eigenvalue weighted by atomic mass is 127. The summed E-state index contributed by atoms with van der Waals surface area (Å²) in [5.74, 6) is 0.579. The molecule has 0 aromatic heterocycles. The van der Waals surface area contributed by atoms with Crippen molar-refractivity contribution in [2.75, 3.05) is 18.1 Å². The van der Waals surface area contributed by atoms with E-state index in [1.54, 1.807) is 6.07 Å². The molecule has 1 aromatic carbocycles. The van der Waals surface area contributed by atoms with Gasteiger partial charge in [0.15, 0.2) is 15.8 Å². The molecule has 5 nitrogen and oxygen atoms in total. The molecule has 1 fully saturated rings. The molecule has 1 aliphatic heterocycles. The Bertz CT molecular complexity index is 708. The maximum Gasteiger partial charge on any atom is 0.416 e. The summed E-state index contributed by atoms with van der Waals surface area (Å²) >= 11 is 0. The molecule has 0 bridgehead atoms. The third-order valence-electron chi connectivity index (χ3n) is 3.59. The number of aliphatic imine (C=N–C) groups is 1. The van der Waals surface area contributed by atoms with Gasteiger partial charge in [0.25, 0.3) is 0 Å². The molecule has 0 amide bonds. The second-order valence-electron chi connectivity index (χ2n) is 5.64. The summed E-state index contributed by atoms with van der Waals surface area (Å²) in [6.07, 6.45) is -3.89. The molecule has 1 saturated heterocycles. The summed E-state index contributed by atoms with van der Waals surface area (Å²) in [4.78, 5) is 4.25. The van der Waals surface area contributed by atoms with Crippen molar-refractivity contribution in [1.29, 1.82) is 0 Å². The Labute approximate surface area is 162 Å². The highest BCUT2D eigenvalue weighted by molar-refractivity contribution is 14.0. The van der Waals surface area contributed by atoms with Gasteiger partial charge in [-0.25, -0.2) is 13.4 Å². The monoisotopic (exact) mass is 491 g/mol. The van der Waals surface area contributed by atoms with E-state index in [9.17, 15) is 21.6 Å². The number of alkyl halides is 3. The van der Waals surface area contributed by atoms with Crippen LogP contribution in [0, 0.1) is 0 Å². The van der Waals surface area contributed by atoms with Gasteiger partial charge in [-0.1, -0.05) is 12.1 Å². The van der Waals surface area contributed by atoms with Crippen LogP contribution in [0.25, 0.3) is 0 Å². The smallest absolute Gasteiger partial charge is 0.357 e. The second kappa shape index (κ2) is 9.06. The van der Waals surface area contributed by atoms with Crippen molar-refractivity contribution in [3.63, 3.8) is 0 Å². The lowest BCUT2D eigenvalue weighted by Gasteiger charge is -2.16. The Hall–Kier alpha value is -1.04. The van der Waals surface area contributed by atoms with Gasteiger partial charge < -0.3 is 10.6 Å². The minimum absolute atomic E-state index is 0. The molecule has 142 valence electrons. The minimum atomic E-state index is -4.39. The minimum Gasteiger partial charge on any atom is -0.357 e. The van der Waals surface area contributed by atoms with Gasteiger partial charge in [-0.15, -0.1) is 24.0 Å². The van der Waals surface area contributed by atoms with E-state index in [1.165, 1.54) is 6.07 Å². The lowest BCUT2D eigenvalue weighted by Crippen LogP contribution is -2.44. The molecule has 25 heavy (non-hydrogen) atoms. The predicted molar refractivity (Wildman–Crippen MR) is 102 cm³/mol. The van der Waals surface area contributed by atoms with E-state index < -0.39 is 21.6 Å². The number of rotatable bonds is 4. The third-order valence-corrected chi connectivity index (χ3v) is 5.36. The maximum absolute atomic E-state index is 12.7. The summed E-state index contributed by atoms with van der Waals surface area (Å²) in [6, 6.07) is 4.77. The number of guanidine groups is 1. The topological polar surface area (TPSA) is 70.6 Å². The SMILES string of the molecule is CCNC(=NCc1cccc(C(F)(F)F)c1)NC1CCS(=O)(=O)C1.I. The lowest BCUT2D eigenvalue weighted by molar-refractivity contribution is -0.137. The Balaban J connectivity index is 0.00000312. The van der Waals surface area contributed by atoms with Gasteiger partial charge in [0.2, 0.25) is 0 Å². The van der Waals surface area contributed by atoms with Crippen LogP contribution in [0.2, 0.25) is 0 Å². The fourth-order valence-electron chi connectivity index (χ4n) is 2.44. The van der Waals surface area contributed by atoms with E-state index >= 15 is 0 Å². The second-order valence-corrected chi connectivity index (χ2v) is 7.87. The van der Waals surface area contributed by atoms with Crippen LogP contribution in [0.4, 0.5) is 13.2 Å². The molecule has 10 heteroatoms. The zero-order valence-corrected chi connectivity index (χ0v) is 16.8. The Morgan fingerprint density at radius 3 is 2.64 bits per heavy atom. The fourth-order valence-corrected chi connectivity index (χ4v) is 4.11. The first-order chi connectivity index (χ1) is 11.2. The number of sulfone groups is 1. The van der Waals surface area contributed by atoms with Crippen molar-refractivity contribution in [2.45, 2.75) is 32.1 Å². The number of benzene rings is 1. The van der Waals surface area contributed by atoms with E-state index in [0.29, 0.717) is 24.5 Å². The third kappa shape index (κ3) is 7.00. The average Bonchev–Trinajstić information content (AvgIpc) is 2.83. The molecular weight excluding hydrogens is 470 g/mol. The van der Waals surface area contributed by atoms with Crippen LogP contribution in [-0.4, -0.2) is 38.5 Å². The average molecular weight is 491 g/mol. The van der Waals surface area contributed by atoms with Crippen LogP contribution >= 0.6 is 24.0 Å². The molecule has 0 spiro atoms. The standard InChI is InChI=1S/C15H20F3N3O2S.HI/c1-2-19-14(21-13-6-7-24(22,23)10-13)20-9-11-4-3-5-12(8-11)15(16,17)18;/h3-5,8,13H,2,6-7,9-10H2,1H3,(H2,19,20,21);1H. The summed E-state index contributed by atoms with van der Waals surface area (Å²) in [7, 11) is -3.02. The summed E-state index contributed by atoms with van der Waals surface area (Å²) in [5, 5.41) is 6.00. The highest BCUT2D eigenvalue weighted by Gasteiger charge is 2.30. The Morgan fingerprint density at radius 2 is 2.08 bits per heavy atom. The number of nitrogens with zero attached hydrogens (tertiary/aromatic N) is 1. The molecule has 1 aromatic rings.